The Labute approximate surface area is 205 Å². The number of Topliss-reactive ketones (excluding diaryl/α,β-unsaturated/α-hetero) is 1. The molecule has 1 spiro atoms. The molecule has 1 aliphatic heterocycles. The van der Waals surface area contributed by atoms with Crippen LogP contribution in [0.1, 0.15) is 98.8 Å². The molecule has 0 aromatic rings. The van der Waals surface area contributed by atoms with Crippen molar-refractivity contribution in [2.75, 3.05) is 13.2 Å². The molecule has 0 aromatic heterocycles. The van der Waals surface area contributed by atoms with Gasteiger partial charge in [0.1, 0.15) is 6.10 Å². The first kappa shape index (κ1) is 24.9. The topological polar surface area (TPSA) is 87.0 Å². The summed E-state index contributed by atoms with van der Waals surface area (Å²) in [5.41, 5.74) is 2.01. The van der Waals surface area contributed by atoms with Gasteiger partial charge in [0.05, 0.1) is 24.9 Å². The maximum atomic E-state index is 12.6. The lowest BCUT2D eigenvalue weighted by Crippen LogP contribution is -2.61. The Morgan fingerprint density at radius 3 is 2.35 bits per heavy atom. The summed E-state index contributed by atoms with van der Waals surface area (Å²) in [7, 11) is 0. The van der Waals surface area contributed by atoms with Gasteiger partial charge in [-0.1, -0.05) is 45.8 Å². The summed E-state index contributed by atoms with van der Waals surface area (Å²) >= 11 is 0. The molecule has 8 unspecified atom stereocenters. The average Bonchev–Trinajstić information content (AvgIpc) is 3.29. The van der Waals surface area contributed by atoms with Crippen molar-refractivity contribution >= 4 is 5.78 Å². The molecule has 0 amide bonds. The minimum atomic E-state index is -0.819. The number of allylic oxidation sites excluding steroid dienone is 2. The zero-order valence-corrected chi connectivity index (χ0v) is 22.0. The smallest absolute Gasteiger partial charge is 0.161 e. The summed E-state index contributed by atoms with van der Waals surface area (Å²) in [6.07, 6.45) is 8.07. The highest BCUT2D eigenvalue weighted by molar-refractivity contribution is 5.83. The number of hydrogen-bond acceptors (Lipinski definition) is 5. The van der Waals surface area contributed by atoms with Gasteiger partial charge >= 0.3 is 0 Å². The van der Waals surface area contributed by atoms with E-state index in [9.17, 15) is 20.1 Å². The number of rotatable bonds is 4. The minimum Gasteiger partial charge on any atom is -0.396 e. The van der Waals surface area contributed by atoms with E-state index in [1.807, 2.05) is 6.92 Å². The lowest BCUT2D eigenvalue weighted by Gasteiger charge is -2.63. The van der Waals surface area contributed by atoms with E-state index in [-0.39, 0.29) is 52.9 Å². The Balaban J connectivity index is 1.56. The van der Waals surface area contributed by atoms with Gasteiger partial charge in [-0.25, -0.2) is 0 Å². The first-order valence-corrected chi connectivity index (χ1v) is 13.8. The molecule has 5 nitrogen and oxygen atoms in total. The van der Waals surface area contributed by atoms with Crippen molar-refractivity contribution in [2.45, 2.75) is 117 Å². The van der Waals surface area contributed by atoms with Crippen LogP contribution in [0.4, 0.5) is 0 Å². The molecule has 0 bridgehead atoms. The predicted molar refractivity (Wildman–Crippen MR) is 131 cm³/mol. The fraction of sp³-hybridized carbons (Fsp3) is 0.897. The lowest BCUT2D eigenvalue weighted by atomic mass is 9.42. The summed E-state index contributed by atoms with van der Waals surface area (Å²) in [5.74, 6) is 0.707. The fourth-order valence-corrected chi connectivity index (χ4v) is 10.2. The number of ether oxygens (including phenoxy) is 1. The van der Waals surface area contributed by atoms with Crippen molar-refractivity contribution < 1.29 is 24.9 Å². The van der Waals surface area contributed by atoms with E-state index in [0.717, 1.165) is 51.4 Å². The second-order valence-corrected chi connectivity index (χ2v) is 13.2. The van der Waals surface area contributed by atoms with Crippen LogP contribution in [-0.4, -0.2) is 52.1 Å². The highest BCUT2D eigenvalue weighted by atomic mass is 16.5. The van der Waals surface area contributed by atoms with E-state index in [2.05, 4.69) is 27.7 Å². The highest BCUT2D eigenvalue weighted by Gasteiger charge is 2.72. The minimum absolute atomic E-state index is 0.0105. The van der Waals surface area contributed by atoms with Gasteiger partial charge in [-0.05, 0) is 80.5 Å². The summed E-state index contributed by atoms with van der Waals surface area (Å²) in [6.45, 7) is 11.2. The first-order chi connectivity index (χ1) is 16.0. The molecule has 4 aliphatic carbocycles. The number of carbonyl (C=O) groups is 1. The van der Waals surface area contributed by atoms with Crippen molar-refractivity contribution in [1.29, 1.82) is 0 Å². The predicted octanol–water partition coefficient (Wildman–Crippen LogP) is 4.57. The molecule has 5 heteroatoms. The van der Waals surface area contributed by atoms with Gasteiger partial charge in [-0.2, -0.15) is 0 Å². The monoisotopic (exact) mass is 474 g/mol. The summed E-state index contributed by atoms with van der Waals surface area (Å²) in [5, 5.41) is 31.7. The third-order valence-electron chi connectivity index (χ3n) is 12.5. The lowest BCUT2D eigenvalue weighted by molar-refractivity contribution is -0.170. The van der Waals surface area contributed by atoms with Crippen LogP contribution in [-0.2, 0) is 9.53 Å². The number of aliphatic hydroxyl groups excluding tert-OH is 3. The Bertz CT molecular complexity index is 891. The van der Waals surface area contributed by atoms with Gasteiger partial charge in [0.25, 0.3) is 0 Å². The molecule has 5 aliphatic rings. The second kappa shape index (κ2) is 7.87. The standard InChI is InChI=1S/C29H46O5/c1-6-21(32)22-15-18(2)29(34-22)14-13-26(4)20-7-8-23-25(3,19(20)9-12-27(26,29)5)11-10-24(33)28(23,16-30)17-31/h18,22-24,30-31,33H,6-17H2,1-5H3. The summed E-state index contributed by atoms with van der Waals surface area (Å²) in [6, 6.07) is 0. The van der Waals surface area contributed by atoms with Crippen LogP contribution in [0.3, 0.4) is 0 Å². The number of aliphatic hydroxyl groups is 3. The molecule has 0 aromatic carbocycles. The van der Waals surface area contributed by atoms with Crippen LogP contribution >= 0.6 is 0 Å². The van der Waals surface area contributed by atoms with Gasteiger partial charge in [0.15, 0.2) is 5.78 Å². The van der Waals surface area contributed by atoms with Crippen LogP contribution in [0.5, 0.6) is 0 Å². The van der Waals surface area contributed by atoms with Crippen molar-refractivity contribution in [3.05, 3.63) is 11.1 Å². The summed E-state index contributed by atoms with van der Waals surface area (Å²) in [4.78, 5) is 12.6. The van der Waals surface area contributed by atoms with Crippen LogP contribution in [0.15, 0.2) is 11.1 Å². The van der Waals surface area contributed by atoms with E-state index in [1.54, 1.807) is 11.1 Å². The molecule has 2 saturated carbocycles. The molecule has 192 valence electrons. The first-order valence-electron chi connectivity index (χ1n) is 13.8. The van der Waals surface area contributed by atoms with Gasteiger partial charge in [0.2, 0.25) is 0 Å². The Morgan fingerprint density at radius 2 is 1.71 bits per heavy atom. The van der Waals surface area contributed by atoms with Crippen LogP contribution in [0, 0.1) is 33.5 Å². The summed E-state index contributed by atoms with van der Waals surface area (Å²) < 4.78 is 6.83. The molecule has 1 saturated heterocycles. The SMILES string of the molecule is CCC(=O)C1CC(C)C2(CCC3(C)C4=C(CCC32C)C2(C)CCC(O)C(CO)(CO)C2CC4)O1. The number of fused-ring (bicyclic) bond motifs is 5. The molecular weight excluding hydrogens is 428 g/mol. The van der Waals surface area contributed by atoms with Crippen molar-refractivity contribution in [1.82, 2.24) is 0 Å². The number of ketones is 1. The highest BCUT2D eigenvalue weighted by Crippen LogP contribution is 2.75. The normalized spacial score (nSPS) is 49.6. The Hall–Kier alpha value is -0.750. The van der Waals surface area contributed by atoms with E-state index in [0.29, 0.717) is 18.8 Å². The van der Waals surface area contributed by atoms with Crippen LogP contribution < -0.4 is 0 Å². The molecule has 5 rings (SSSR count). The maximum absolute atomic E-state index is 12.6. The maximum Gasteiger partial charge on any atom is 0.161 e. The molecule has 3 N–H and O–H groups in total. The Morgan fingerprint density at radius 1 is 1.00 bits per heavy atom. The zero-order chi connectivity index (χ0) is 24.7. The largest absolute Gasteiger partial charge is 0.396 e. The van der Waals surface area contributed by atoms with Crippen molar-refractivity contribution in [3.8, 4) is 0 Å². The van der Waals surface area contributed by atoms with Crippen molar-refractivity contribution in [2.24, 2.45) is 33.5 Å². The second-order valence-electron chi connectivity index (χ2n) is 13.2. The molecule has 34 heavy (non-hydrogen) atoms. The van der Waals surface area contributed by atoms with E-state index >= 15 is 0 Å². The van der Waals surface area contributed by atoms with Gasteiger partial charge < -0.3 is 20.1 Å². The molecule has 3 fully saturated rings. The van der Waals surface area contributed by atoms with Gasteiger partial charge in [-0.3, -0.25) is 4.79 Å². The van der Waals surface area contributed by atoms with Gasteiger partial charge in [-0.15, -0.1) is 0 Å². The average molecular weight is 475 g/mol. The number of hydrogen-bond donors (Lipinski definition) is 3. The number of carbonyl (C=O) groups excluding carboxylic acids is 1. The molecule has 1 heterocycles. The zero-order valence-electron chi connectivity index (χ0n) is 22.0. The van der Waals surface area contributed by atoms with Gasteiger partial charge in [0, 0.05) is 17.3 Å². The van der Waals surface area contributed by atoms with E-state index in [1.165, 1.54) is 0 Å². The third kappa shape index (κ3) is 2.74. The third-order valence-corrected chi connectivity index (χ3v) is 12.5. The fourth-order valence-electron chi connectivity index (χ4n) is 10.2. The van der Waals surface area contributed by atoms with E-state index in [4.69, 9.17) is 4.74 Å². The quantitative estimate of drug-likeness (QED) is 0.520. The van der Waals surface area contributed by atoms with Crippen LogP contribution in [0.25, 0.3) is 0 Å². The molecular formula is C29H46O5. The van der Waals surface area contributed by atoms with Crippen LogP contribution in [0.2, 0.25) is 0 Å². The Kier molecular flexibility index (Phi) is 5.77. The molecule has 0 radical (unpaired) electrons. The van der Waals surface area contributed by atoms with Crippen molar-refractivity contribution in [3.63, 3.8) is 0 Å². The van der Waals surface area contributed by atoms with E-state index < -0.39 is 11.5 Å². The molecule has 8 atom stereocenters.